The first-order valence-corrected chi connectivity index (χ1v) is 11.5. The Morgan fingerprint density at radius 1 is 0.967 bits per heavy atom. The van der Waals surface area contributed by atoms with E-state index in [0.717, 1.165) is 24.2 Å². The molecule has 2 rings (SSSR count). The van der Waals surface area contributed by atoms with Crippen molar-refractivity contribution in [1.82, 2.24) is 9.21 Å². The molecule has 0 saturated heterocycles. The van der Waals surface area contributed by atoms with E-state index >= 15 is 0 Å². The normalized spacial score (nSPS) is 12.1. The maximum Gasteiger partial charge on any atom is 0.248 e. The van der Waals surface area contributed by atoms with Crippen molar-refractivity contribution in [2.75, 3.05) is 39.0 Å². The molecule has 0 fully saturated rings. The van der Waals surface area contributed by atoms with Gasteiger partial charge in [0.1, 0.15) is 0 Å². The van der Waals surface area contributed by atoms with Crippen LogP contribution in [0.1, 0.15) is 25.0 Å². The third-order valence-electron chi connectivity index (χ3n) is 4.72. The molecule has 0 saturated carbocycles. The van der Waals surface area contributed by atoms with E-state index in [1.165, 1.54) is 15.9 Å². The Morgan fingerprint density at radius 2 is 1.57 bits per heavy atom. The highest BCUT2D eigenvalue weighted by molar-refractivity contribution is 7.89. The van der Waals surface area contributed by atoms with E-state index in [1.807, 2.05) is 52.2 Å². The number of carbonyl (C=O) groups is 1. The van der Waals surface area contributed by atoms with Gasteiger partial charge in [0.05, 0.1) is 4.90 Å². The molecule has 1 N–H and O–H groups in total. The lowest BCUT2D eigenvalue weighted by molar-refractivity contribution is -0.111. The molecule has 0 bridgehead atoms. The Kier molecular flexibility index (Phi) is 8.77. The predicted molar refractivity (Wildman–Crippen MR) is 123 cm³/mol. The number of nitrogens with zero attached hydrogens (tertiary/aromatic N) is 2. The number of carbonyl (C=O) groups excluding carboxylic acids is 1. The van der Waals surface area contributed by atoms with Crippen LogP contribution in [0.4, 0.5) is 5.69 Å². The van der Waals surface area contributed by atoms with Crippen LogP contribution in [0.15, 0.2) is 59.5 Å². The van der Waals surface area contributed by atoms with E-state index < -0.39 is 10.0 Å². The van der Waals surface area contributed by atoms with Crippen LogP contribution in [-0.2, 0) is 21.2 Å². The van der Waals surface area contributed by atoms with Gasteiger partial charge in [0, 0.05) is 31.4 Å². The van der Waals surface area contributed by atoms with Crippen molar-refractivity contribution >= 4 is 27.7 Å². The fraction of sp³-hybridized carbons (Fsp3) is 0.348. The Bertz CT molecular complexity index is 946. The van der Waals surface area contributed by atoms with Gasteiger partial charge >= 0.3 is 0 Å². The quantitative estimate of drug-likeness (QED) is 0.587. The summed E-state index contributed by atoms with van der Waals surface area (Å²) in [6.07, 6.45) is 4.06. The molecular formula is C23H31N3O3S. The van der Waals surface area contributed by atoms with Crippen LogP contribution >= 0.6 is 0 Å². The minimum Gasteiger partial charge on any atom is -0.323 e. The topological polar surface area (TPSA) is 69.7 Å². The van der Waals surface area contributed by atoms with Crippen LogP contribution in [0, 0.1) is 0 Å². The highest BCUT2D eigenvalue weighted by atomic mass is 32.2. The summed E-state index contributed by atoms with van der Waals surface area (Å²) in [4.78, 5) is 14.6. The summed E-state index contributed by atoms with van der Waals surface area (Å²) in [6, 6.07) is 14.3. The molecule has 0 radical (unpaired) electrons. The molecule has 0 atom stereocenters. The summed E-state index contributed by atoms with van der Waals surface area (Å²) in [5, 5.41) is 2.83. The molecule has 162 valence electrons. The molecule has 0 aliphatic heterocycles. The maximum absolute atomic E-state index is 12.5. The van der Waals surface area contributed by atoms with Gasteiger partial charge in [-0.05, 0) is 62.0 Å². The van der Waals surface area contributed by atoms with Crippen molar-refractivity contribution in [1.29, 1.82) is 0 Å². The van der Waals surface area contributed by atoms with Gasteiger partial charge in [-0.2, -0.15) is 4.31 Å². The summed E-state index contributed by atoms with van der Waals surface area (Å²) in [6.45, 7) is 5.46. The summed E-state index contributed by atoms with van der Waals surface area (Å²) >= 11 is 0. The van der Waals surface area contributed by atoms with Crippen molar-refractivity contribution in [3.63, 3.8) is 0 Å². The fourth-order valence-corrected chi connectivity index (χ4v) is 4.38. The lowest BCUT2D eigenvalue weighted by Crippen LogP contribution is -2.30. The van der Waals surface area contributed by atoms with E-state index in [0.29, 0.717) is 13.1 Å². The van der Waals surface area contributed by atoms with Gasteiger partial charge < -0.3 is 10.2 Å². The number of hydrogen-bond donors (Lipinski definition) is 1. The van der Waals surface area contributed by atoms with Crippen molar-refractivity contribution in [2.45, 2.75) is 25.2 Å². The number of sulfonamides is 1. The maximum atomic E-state index is 12.5. The average Bonchev–Trinajstić information content (AvgIpc) is 2.72. The second-order valence-electron chi connectivity index (χ2n) is 7.23. The van der Waals surface area contributed by atoms with Gasteiger partial charge in [0.15, 0.2) is 0 Å². The van der Waals surface area contributed by atoms with E-state index in [1.54, 1.807) is 30.3 Å². The summed E-state index contributed by atoms with van der Waals surface area (Å²) in [7, 11) is 0.605. The van der Waals surface area contributed by atoms with Crippen LogP contribution in [0.2, 0.25) is 0 Å². The van der Waals surface area contributed by atoms with Gasteiger partial charge in [-0.3, -0.25) is 4.79 Å². The first-order chi connectivity index (χ1) is 14.3. The Morgan fingerprint density at radius 3 is 2.10 bits per heavy atom. The number of amides is 1. The molecule has 0 spiro atoms. The molecule has 30 heavy (non-hydrogen) atoms. The molecule has 1 amide bonds. The van der Waals surface area contributed by atoms with Crippen LogP contribution < -0.4 is 5.32 Å². The third kappa shape index (κ3) is 6.79. The van der Waals surface area contributed by atoms with Crippen LogP contribution in [-0.4, -0.2) is 57.3 Å². The highest BCUT2D eigenvalue weighted by Gasteiger charge is 2.20. The van der Waals surface area contributed by atoms with E-state index in [-0.39, 0.29) is 10.8 Å². The smallest absolute Gasteiger partial charge is 0.248 e. The number of benzene rings is 2. The number of hydrogen-bond acceptors (Lipinski definition) is 4. The molecule has 0 heterocycles. The number of rotatable bonds is 10. The lowest BCUT2D eigenvalue weighted by atomic mass is 10.1. The monoisotopic (exact) mass is 429 g/mol. The second-order valence-corrected chi connectivity index (χ2v) is 9.17. The van der Waals surface area contributed by atoms with Gasteiger partial charge in [-0.1, -0.05) is 38.1 Å². The van der Waals surface area contributed by atoms with Crippen molar-refractivity contribution in [3.05, 3.63) is 65.7 Å². The predicted octanol–water partition coefficient (Wildman–Crippen LogP) is 3.47. The summed E-state index contributed by atoms with van der Waals surface area (Å²) in [5.41, 5.74) is 2.71. The Labute approximate surface area is 180 Å². The van der Waals surface area contributed by atoms with E-state index in [2.05, 4.69) is 10.2 Å². The summed E-state index contributed by atoms with van der Waals surface area (Å²) in [5.74, 6) is -0.240. The molecular weight excluding hydrogens is 398 g/mol. The molecule has 7 heteroatoms. The SMILES string of the molecule is CCN(CC)S(=O)(=O)c1ccc(/C=C/C(=O)Nc2ccc(CCN(C)C)cc2)cc1. The molecule has 0 aliphatic rings. The first kappa shape index (κ1) is 23.8. The zero-order valence-electron chi connectivity index (χ0n) is 18.1. The van der Waals surface area contributed by atoms with Gasteiger partial charge in [0.2, 0.25) is 15.9 Å². The first-order valence-electron chi connectivity index (χ1n) is 10.1. The van der Waals surface area contributed by atoms with Crippen LogP contribution in [0.3, 0.4) is 0 Å². The minimum atomic E-state index is -3.48. The van der Waals surface area contributed by atoms with Crippen molar-refractivity contribution < 1.29 is 13.2 Å². The number of likely N-dealkylation sites (N-methyl/N-ethyl adjacent to an activating group) is 1. The zero-order valence-corrected chi connectivity index (χ0v) is 18.9. The van der Waals surface area contributed by atoms with Crippen LogP contribution in [0.25, 0.3) is 6.08 Å². The Hall–Kier alpha value is -2.48. The molecule has 2 aromatic carbocycles. The molecule has 2 aromatic rings. The minimum absolute atomic E-state index is 0.240. The fourth-order valence-electron chi connectivity index (χ4n) is 2.93. The molecule has 0 aromatic heterocycles. The van der Waals surface area contributed by atoms with Crippen LogP contribution in [0.5, 0.6) is 0 Å². The van der Waals surface area contributed by atoms with E-state index in [4.69, 9.17) is 0 Å². The molecule has 0 unspecified atom stereocenters. The van der Waals surface area contributed by atoms with Gasteiger partial charge in [-0.15, -0.1) is 0 Å². The summed E-state index contributed by atoms with van der Waals surface area (Å²) < 4.78 is 26.4. The molecule has 6 nitrogen and oxygen atoms in total. The number of nitrogens with one attached hydrogen (secondary N) is 1. The highest BCUT2D eigenvalue weighted by Crippen LogP contribution is 2.17. The van der Waals surface area contributed by atoms with Crippen molar-refractivity contribution in [2.24, 2.45) is 0 Å². The zero-order chi connectivity index (χ0) is 22.1. The largest absolute Gasteiger partial charge is 0.323 e. The standard InChI is InChI=1S/C23H31N3O3S/c1-5-26(6-2)30(28,29)22-14-9-19(10-15-22)11-16-23(27)24-21-12-7-20(8-13-21)17-18-25(3)4/h7-16H,5-6,17-18H2,1-4H3,(H,24,27)/b16-11+. The Balaban J connectivity index is 1.96. The second kappa shape index (κ2) is 11.1. The van der Waals surface area contributed by atoms with Gasteiger partial charge in [0.25, 0.3) is 0 Å². The van der Waals surface area contributed by atoms with Gasteiger partial charge in [-0.25, -0.2) is 8.42 Å². The average molecular weight is 430 g/mol. The van der Waals surface area contributed by atoms with E-state index in [9.17, 15) is 13.2 Å². The molecule has 0 aliphatic carbocycles. The van der Waals surface area contributed by atoms with Crippen molar-refractivity contribution in [3.8, 4) is 0 Å². The lowest BCUT2D eigenvalue weighted by Gasteiger charge is -2.18. The number of anilines is 1. The third-order valence-corrected chi connectivity index (χ3v) is 6.78.